The van der Waals surface area contributed by atoms with E-state index in [9.17, 15) is 14.4 Å². The van der Waals surface area contributed by atoms with Gasteiger partial charge in [-0.3, -0.25) is 14.3 Å². The molecule has 1 aromatic carbocycles. The van der Waals surface area contributed by atoms with Gasteiger partial charge in [-0.15, -0.1) is 10.2 Å². The van der Waals surface area contributed by atoms with Gasteiger partial charge in [0.05, 0.1) is 18.3 Å². The van der Waals surface area contributed by atoms with Crippen LogP contribution >= 0.6 is 0 Å². The maximum Gasteiger partial charge on any atom is 0.407 e. The lowest BCUT2D eigenvalue weighted by Gasteiger charge is -2.19. The van der Waals surface area contributed by atoms with E-state index in [2.05, 4.69) is 36.5 Å². The van der Waals surface area contributed by atoms with Crippen LogP contribution in [0.1, 0.15) is 60.9 Å². The zero-order valence-electron chi connectivity index (χ0n) is 22.2. The molecule has 0 saturated heterocycles. The van der Waals surface area contributed by atoms with Crippen LogP contribution in [0, 0.1) is 0 Å². The van der Waals surface area contributed by atoms with Gasteiger partial charge in [-0.2, -0.15) is 5.10 Å². The molecule has 0 spiro atoms. The van der Waals surface area contributed by atoms with Gasteiger partial charge in [0.25, 0.3) is 5.91 Å². The van der Waals surface area contributed by atoms with Gasteiger partial charge in [-0.25, -0.2) is 4.79 Å². The number of ether oxygens (including phenoxy) is 1. The van der Waals surface area contributed by atoms with Crippen LogP contribution in [0.2, 0.25) is 0 Å². The Labute approximate surface area is 221 Å². The van der Waals surface area contributed by atoms with E-state index in [0.29, 0.717) is 24.6 Å². The molecule has 0 aliphatic rings. The number of carbonyl (C=O) groups excluding carboxylic acids is 3. The number of unbranched alkanes of at least 4 members (excludes halogenated alkanes) is 1. The largest absolute Gasteiger partial charge is 0.444 e. The first-order valence-electron chi connectivity index (χ1n) is 12.4. The first-order valence-corrected chi connectivity index (χ1v) is 12.4. The third kappa shape index (κ3) is 9.60. The summed E-state index contributed by atoms with van der Waals surface area (Å²) < 4.78 is 6.88. The van der Waals surface area contributed by atoms with Crippen LogP contribution in [-0.4, -0.2) is 55.7 Å². The minimum Gasteiger partial charge on any atom is -0.444 e. The molecule has 3 aromatic rings. The number of nitrogens with zero attached hydrogens (tertiary/aromatic N) is 5. The van der Waals surface area contributed by atoms with Gasteiger partial charge >= 0.3 is 6.09 Å². The summed E-state index contributed by atoms with van der Waals surface area (Å²) in [6.07, 6.45) is 3.70. The van der Waals surface area contributed by atoms with Crippen LogP contribution in [0.4, 0.5) is 10.6 Å². The number of nitrogens with one attached hydrogen (secondary N) is 3. The Hall–Kier alpha value is -4.35. The molecular weight excluding hydrogens is 488 g/mol. The molecule has 0 saturated carbocycles. The van der Waals surface area contributed by atoms with E-state index in [0.717, 1.165) is 36.1 Å². The molecule has 3 amide bonds. The van der Waals surface area contributed by atoms with Crippen molar-refractivity contribution < 1.29 is 19.1 Å². The summed E-state index contributed by atoms with van der Waals surface area (Å²) >= 11 is 0. The van der Waals surface area contributed by atoms with Gasteiger partial charge in [0.1, 0.15) is 5.60 Å². The Balaban J connectivity index is 1.40. The first kappa shape index (κ1) is 28.2. The van der Waals surface area contributed by atoms with E-state index in [1.807, 2.05) is 30.3 Å². The molecule has 3 N–H and O–H groups in total. The number of carbonyl (C=O) groups is 3. The molecule has 0 aliphatic heterocycles. The third-order valence-corrected chi connectivity index (χ3v) is 5.25. The van der Waals surface area contributed by atoms with Crippen LogP contribution < -0.4 is 16.0 Å². The normalized spacial score (nSPS) is 11.1. The Morgan fingerprint density at radius 2 is 1.79 bits per heavy atom. The van der Waals surface area contributed by atoms with Gasteiger partial charge in [0.15, 0.2) is 11.5 Å². The van der Waals surface area contributed by atoms with Gasteiger partial charge in [0.2, 0.25) is 5.91 Å². The zero-order chi connectivity index (χ0) is 27.5. The Morgan fingerprint density at radius 1 is 1.00 bits per heavy atom. The fourth-order valence-corrected chi connectivity index (χ4v) is 3.49. The predicted octanol–water partition coefficient (Wildman–Crippen LogP) is 2.66. The molecule has 2 aromatic heterocycles. The second-order valence-electron chi connectivity index (χ2n) is 9.71. The zero-order valence-corrected chi connectivity index (χ0v) is 22.2. The number of rotatable bonds is 11. The topological polar surface area (TPSA) is 153 Å². The molecule has 12 nitrogen and oxygen atoms in total. The second kappa shape index (κ2) is 13.3. The van der Waals surface area contributed by atoms with Crippen LogP contribution in [0.3, 0.4) is 0 Å². The molecule has 202 valence electrons. The smallest absolute Gasteiger partial charge is 0.407 e. The summed E-state index contributed by atoms with van der Waals surface area (Å²) in [7, 11) is 1.55. The molecule has 0 radical (unpaired) electrons. The molecule has 2 heterocycles. The van der Waals surface area contributed by atoms with Crippen LogP contribution in [-0.2, 0) is 35.5 Å². The lowest BCUT2D eigenvalue weighted by molar-refractivity contribution is -0.115. The number of hydrogen-bond donors (Lipinski definition) is 3. The standard InChI is InChI=1S/C26H34N8O4/c1-26(2,3)38-25(37)28-16-19-9-7-8-18(14-19)15-23(35)29-22-12-11-20(30-32-22)10-5-6-13-34-17-21(31-33-34)24(36)27-4/h7-9,11-12,14,17H,5-6,10,13,15-16H2,1-4H3,(H,27,36)(H,28,37)(H,29,32,35). The van der Waals surface area contributed by atoms with Crippen molar-refractivity contribution >= 4 is 23.7 Å². The highest BCUT2D eigenvalue weighted by Gasteiger charge is 2.16. The fraction of sp³-hybridized carbons (Fsp3) is 0.423. The second-order valence-corrected chi connectivity index (χ2v) is 9.71. The number of aryl methyl sites for hydroxylation is 2. The van der Waals surface area contributed by atoms with Crippen molar-refractivity contribution in [3.05, 3.63) is 65.1 Å². The van der Waals surface area contributed by atoms with Crippen LogP contribution in [0.5, 0.6) is 0 Å². The summed E-state index contributed by atoms with van der Waals surface area (Å²) in [4.78, 5) is 35.9. The van der Waals surface area contributed by atoms with E-state index < -0.39 is 11.7 Å². The van der Waals surface area contributed by atoms with Crippen molar-refractivity contribution in [2.75, 3.05) is 12.4 Å². The number of benzene rings is 1. The average Bonchev–Trinajstić information content (AvgIpc) is 3.34. The minimum atomic E-state index is -0.565. The number of aromatic nitrogens is 5. The third-order valence-electron chi connectivity index (χ3n) is 5.25. The monoisotopic (exact) mass is 522 g/mol. The van der Waals surface area contributed by atoms with E-state index in [1.54, 1.807) is 44.8 Å². The first-order chi connectivity index (χ1) is 18.1. The number of amides is 3. The molecule has 38 heavy (non-hydrogen) atoms. The molecule has 3 rings (SSSR count). The molecule has 0 unspecified atom stereocenters. The van der Waals surface area contributed by atoms with Crippen LogP contribution in [0.25, 0.3) is 0 Å². The number of anilines is 1. The van der Waals surface area contributed by atoms with Crippen molar-refractivity contribution in [2.45, 2.75) is 65.1 Å². The van der Waals surface area contributed by atoms with Crippen molar-refractivity contribution in [2.24, 2.45) is 0 Å². The van der Waals surface area contributed by atoms with Crippen molar-refractivity contribution in [3.63, 3.8) is 0 Å². The summed E-state index contributed by atoms with van der Waals surface area (Å²) in [5, 5.41) is 24.1. The molecule has 0 bridgehead atoms. The van der Waals surface area contributed by atoms with Gasteiger partial charge in [-0.1, -0.05) is 29.5 Å². The van der Waals surface area contributed by atoms with E-state index in [4.69, 9.17) is 4.74 Å². The molecule has 0 fully saturated rings. The SMILES string of the molecule is CNC(=O)c1cn(CCCCc2ccc(NC(=O)Cc3cccc(CNC(=O)OC(C)(C)C)c3)nn2)nn1. The molecular formula is C26H34N8O4. The van der Waals surface area contributed by atoms with Gasteiger partial charge in [-0.05, 0) is 63.3 Å². The maximum absolute atomic E-state index is 12.5. The van der Waals surface area contributed by atoms with Gasteiger partial charge < -0.3 is 20.7 Å². The highest BCUT2D eigenvalue weighted by atomic mass is 16.6. The van der Waals surface area contributed by atoms with Crippen LogP contribution in [0.15, 0.2) is 42.6 Å². The fourth-order valence-electron chi connectivity index (χ4n) is 3.49. The number of alkyl carbamates (subject to hydrolysis) is 1. The maximum atomic E-state index is 12.5. The van der Waals surface area contributed by atoms with E-state index in [-0.39, 0.29) is 18.2 Å². The highest BCUT2D eigenvalue weighted by molar-refractivity contribution is 5.91. The molecule has 12 heteroatoms. The summed E-state index contributed by atoms with van der Waals surface area (Å²) in [5.74, 6) is -0.0982. The number of hydrogen-bond acceptors (Lipinski definition) is 8. The highest BCUT2D eigenvalue weighted by Crippen LogP contribution is 2.11. The summed E-state index contributed by atoms with van der Waals surface area (Å²) in [6, 6.07) is 11.0. The quantitative estimate of drug-likeness (QED) is 0.325. The predicted molar refractivity (Wildman–Crippen MR) is 140 cm³/mol. The Bertz CT molecular complexity index is 1230. The van der Waals surface area contributed by atoms with Crippen molar-refractivity contribution in [1.29, 1.82) is 0 Å². The summed E-state index contributed by atoms with van der Waals surface area (Å²) in [6.45, 7) is 6.35. The summed E-state index contributed by atoms with van der Waals surface area (Å²) in [5.41, 5.74) is 2.22. The molecule has 0 atom stereocenters. The minimum absolute atomic E-state index is 0.160. The average molecular weight is 523 g/mol. The van der Waals surface area contributed by atoms with Crippen molar-refractivity contribution in [3.8, 4) is 0 Å². The Morgan fingerprint density at radius 3 is 2.50 bits per heavy atom. The van der Waals surface area contributed by atoms with E-state index >= 15 is 0 Å². The van der Waals surface area contributed by atoms with Crippen molar-refractivity contribution in [1.82, 2.24) is 35.8 Å². The lowest BCUT2D eigenvalue weighted by atomic mass is 10.1. The molecule has 0 aliphatic carbocycles. The van der Waals surface area contributed by atoms with E-state index in [1.165, 1.54) is 0 Å². The van der Waals surface area contributed by atoms with Gasteiger partial charge in [0, 0.05) is 20.1 Å². The Kier molecular flexibility index (Phi) is 9.85. The lowest BCUT2D eigenvalue weighted by Crippen LogP contribution is -2.32.